The average molecular weight is 136 g/mol. The van der Waals surface area contributed by atoms with Gasteiger partial charge in [-0.3, -0.25) is 0 Å². The molecule has 0 saturated carbocycles. The summed E-state index contributed by atoms with van der Waals surface area (Å²) < 4.78 is 0. The summed E-state index contributed by atoms with van der Waals surface area (Å²) in [6.07, 6.45) is 5.10. The Morgan fingerprint density at radius 3 is 2.60 bits per heavy atom. The molecular weight excluding hydrogens is 124 g/mol. The molecule has 0 radical (unpaired) electrons. The van der Waals surface area contributed by atoms with Crippen LogP contribution in [-0.4, -0.2) is 12.6 Å². The lowest BCUT2D eigenvalue weighted by Gasteiger charge is -2.07. The van der Waals surface area contributed by atoms with Gasteiger partial charge < -0.3 is 5.32 Å². The van der Waals surface area contributed by atoms with E-state index >= 15 is 0 Å². The number of nitrogens with zero attached hydrogens (tertiary/aromatic N) is 1. The monoisotopic (exact) mass is 136 g/mol. The van der Waals surface area contributed by atoms with Gasteiger partial charge in [0.1, 0.15) is 0 Å². The number of nitrogens with one attached hydrogen (secondary N) is 1. The minimum absolute atomic E-state index is 0.0378. The summed E-state index contributed by atoms with van der Waals surface area (Å²) in [5.41, 5.74) is 0. The molecule has 0 aliphatic heterocycles. The summed E-state index contributed by atoms with van der Waals surface area (Å²) in [4.78, 5) is 0. The molecule has 0 aliphatic carbocycles. The fraction of sp³-hybridized carbons (Fsp3) is 0.625. The van der Waals surface area contributed by atoms with Crippen LogP contribution < -0.4 is 5.32 Å². The molecule has 2 unspecified atom stereocenters. The number of rotatable bonds is 3. The van der Waals surface area contributed by atoms with Gasteiger partial charge in [0.05, 0.1) is 18.0 Å². The molecule has 0 rings (SSSR count). The Kier molecular flexibility index (Phi) is 4.37. The highest BCUT2D eigenvalue weighted by Crippen LogP contribution is 1.88. The van der Waals surface area contributed by atoms with Crippen molar-refractivity contribution in [3.8, 4) is 18.4 Å². The second-order valence-corrected chi connectivity index (χ2v) is 2.33. The fourth-order valence-electron chi connectivity index (χ4n) is 0.458. The molecule has 0 aromatic rings. The zero-order valence-electron chi connectivity index (χ0n) is 6.39. The van der Waals surface area contributed by atoms with Gasteiger partial charge in [-0.1, -0.05) is 5.92 Å². The van der Waals surface area contributed by atoms with Crippen LogP contribution in [0, 0.1) is 29.6 Å². The van der Waals surface area contributed by atoms with E-state index in [0.29, 0.717) is 6.54 Å². The van der Waals surface area contributed by atoms with Crippen molar-refractivity contribution < 1.29 is 0 Å². The molecule has 0 spiro atoms. The van der Waals surface area contributed by atoms with Gasteiger partial charge in [-0.05, 0) is 13.8 Å². The van der Waals surface area contributed by atoms with Gasteiger partial charge in [-0.2, -0.15) is 5.26 Å². The fourth-order valence-corrected chi connectivity index (χ4v) is 0.458. The first-order chi connectivity index (χ1) is 4.70. The lowest BCUT2D eigenvalue weighted by atomic mass is 10.2. The van der Waals surface area contributed by atoms with E-state index in [2.05, 4.69) is 17.3 Å². The summed E-state index contributed by atoms with van der Waals surface area (Å²) in [6.45, 7) is 4.42. The molecule has 0 amide bonds. The number of hydrogen-bond acceptors (Lipinski definition) is 2. The smallest absolute Gasteiger partial charge is 0.0666 e. The average Bonchev–Trinajstić information content (AvgIpc) is 1.99. The SMILES string of the molecule is C#CC(C)NCC(C)C#N. The molecule has 10 heavy (non-hydrogen) atoms. The number of nitriles is 1. The van der Waals surface area contributed by atoms with Crippen molar-refractivity contribution in [1.29, 1.82) is 5.26 Å². The van der Waals surface area contributed by atoms with Gasteiger partial charge in [-0.15, -0.1) is 6.42 Å². The van der Waals surface area contributed by atoms with E-state index in [9.17, 15) is 0 Å². The van der Waals surface area contributed by atoms with Gasteiger partial charge >= 0.3 is 0 Å². The van der Waals surface area contributed by atoms with Crippen LogP contribution in [0.25, 0.3) is 0 Å². The summed E-state index contributed by atoms with van der Waals surface area (Å²) in [5, 5.41) is 11.4. The predicted molar refractivity (Wildman–Crippen MR) is 41.1 cm³/mol. The molecule has 0 saturated heterocycles. The van der Waals surface area contributed by atoms with Crippen LogP contribution in [0.2, 0.25) is 0 Å². The maximum Gasteiger partial charge on any atom is 0.0666 e. The number of hydrogen-bond donors (Lipinski definition) is 1. The Bertz CT molecular complexity index is 141. The molecule has 0 aromatic carbocycles. The molecule has 2 heteroatoms. The highest BCUT2D eigenvalue weighted by molar-refractivity contribution is 4.96. The summed E-state index contributed by atoms with van der Waals surface area (Å²) in [5.74, 6) is 2.56. The lowest BCUT2D eigenvalue weighted by molar-refractivity contribution is 0.576. The molecule has 0 aromatic heterocycles. The maximum absolute atomic E-state index is 8.38. The van der Waals surface area contributed by atoms with Crippen molar-refractivity contribution in [3.63, 3.8) is 0 Å². The van der Waals surface area contributed by atoms with E-state index in [4.69, 9.17) is 11.7 Å². The van der Waals surface area contributed by atoms with Crippen LogP contribution >= 0.6 is 0 Å². The molecule has 1 N–H and O–H groups in total. The zero-order chi connectivity index (χ0) is 7.98. The molecule has 0 bridgehead atoms. The van der Waals surface area contributed by atoms with Crippen LogP contribution in [-0.2, 0) is 0 Å². The third-order valence-electron chi connectivity index (χ3n) is 1.20. The Morgan fingerprint density at radius 2 is 2.20 bits per heavy atom. The van der Waals surface area contributed by atoms with Gasteiger partial charge in [-0.25, -0.2) is 0 Å². The third kappa shape index (κ3) is 3.95. The molecule has 0 heterocycles. The molecule has 0 fully saturated rings. The van der Waals surface area contributed by atoms with Crippen molar-refractivity contribution in [1.82, 2.24) is 5.32 Å². The largest absolute Gasteiger partial charge is 0.303 e. The Labute approximate surface area is 62.2 Å². The molecule has 54 valence electrons. The first-order valence-electron chi connectivity index (χ1n) is 3.29. The topological polar surface area (TPSA) is 35.8 Å². The summed E-state index contributed by atoms with van der Waals surface area (Å²) in [7, 11) is 0. The summed E-state index contributed by atoms with van der Waals surface area (Å²) in [6, 6.07) is 2.18. The van der Waals surface area contributed by atoms with Crippen molar-refractivity contribution in [3.05, 3.63) is 0 Å². The normalized spacial score (nSPS) is 14.8. The quantitative estimate of drug-likeness (QED) is 0.581. The van der Waals surface area contributed by atoms with Gasteiger partial charge in [0.2, 0.25) is 0 Å². The van der Waals surface area contributed by atoms with E-state index < -0.39 is 0 Å². The highest BCUT2D eigenvalue weighted by atomic mass is 14.9. The lowest BCUT2D eigenvalue weighted by Crippen LogP contribution is -2.28. The summed E-state index contributed by atoms with van der Waals surface area (Å²) >= 11 is 0. The Hall–Kier alpha value is -0.990. The molecule has 0 aliphatic rings. The van der Waals surface area contributed by atoms with Crippen molar-refractivity contribution in [2.75, 3.05) is 6.54 Å². The van der Waals surface area contributed by atoms with Gasteiger partial charge in [0, 0.05) is 6.54 Å². The Balaban J connectivity index is 3.40. The van der Waals surface area contributed by atoms with E-state index in [1.807, 2.05) is 13.8 Å². The molecule has 2 nitrogen and oxygen atoms in total. The van der Waals surface area contributed by atoms with Crippen molar-refractivity contribution in [2.24, 2.45) is 5.92 Å². The predicted octanol–water partition coefficient (Wildman–Crippen LogP) is 0.757. The van der Waals surface area contributed by atoms with Crippen LogP contribution in [0.5, 0.6) is 0 Å². The highest BCUT2D eigenvalue weighted by Gasteiger charge is 1.99. The number of terminal acetylenes is 1. The van der Waals surface area contributed by atoms with Crippen LogP contribution in [0.3, 0.4) is 0 Å². The standard InChI is InChI=1S/C8H12N2/c1-4-8(3)10-6-7(2)5-9/h1,7-8,10H,6H2,2-3H3. The van der Waals surface area contributed by atoms with Crippen LogP contribution in [0.4, 0.5) is 0 Å². The first-order valence-corrected chi connectivity index (χ1v) is 3.29. The zero-order valence-corrected chi connectivity index (χ0v) is 6.39. The minimum Gasteiger partial charge on any atom is -0.303 e. The minimum atomic E-state index is 0.0378. The molecule has 2 atom stereocenters. The second kappa shape index (κ2) is 4.85. The van der Waals surface area contributed by atoms with E-state index in [0.717, 1.165) is 0 Å². The van der Waals surface area contributed by atoms with E-state index in [1.165, 1.54) is 0 Å². The van der Waals surface area contributed by atoms with Crippen LogP contribution in [0.1, 0.15) is 13.8 Å². The maximum atomic E-state index is 8.38. The van der Waals surface area contributed by atoms with Crippen LogP contribution in [0.15, 0.2) is 0 Å². The second-order valence-electron chi connectivity index (χ2n) is 2.33. The first kappa shape index (κ1) is 9.01. The Morgan fingerprint density at radius 1 is 1.60 bits per heavy atom. The van der Waals surface area contributed by atoms with Gasteiger partial charge in [0.25, 0.3) is 0 Å². The third-order valence-corrected chi connectivity index (χ3v) is 1.20. The van der Waals surface area contributed by atoms with Crippen molar-refractivity contribution >= 4 is 0 Å². The van der Waals surface area contributed by atoms with E-state index in [1.54, 1.807) is 0 Å². The molecular formula is C8H12N2. The van der Waals surface area contributed by atoms with E-state index in [-0.39, 0.29) is 12.0 Å². The van der Waals surface area contributed by atoms with Crippen molar-refractivity contribution in [2.45, 2.75) is 19.9 Å². The van der Waals surface area contributed by atoms with Gasteiger partial charge in [0.15, 0.2) is 0 Å².